The minimum Gasteiger partial charge on any atom is -0.483 e. The van der Waals surface area contributed by atoms with Gasteiger partial charge in [-0.05, 0) is 32.3 Å². The van der Waals surface area contributed by atoms with E-state index in [2.05, 4.69) is 17.2 Å². The Balaban J connectivity index is 2.15. The normalized spacial score (nSPS) is 11.8. The minimum atomic E-state index is -0.214. The van der Waals surface area contributed by atoms with E-state index in [1.54, 1.807) is 14.1 Å². The predicted molar refractivity (Wildman–Crippen MR) is 117 cm³/mol. The lowest BCUT2D eigenvalue weighted by molar-refractivity contribution is -0.130. The molecule has 0 radical (unpaired) electrons. The summed E-state index contributed by atoms with van der Waals surface area (Å²) in [4.78, 5) is 31.5. The van der Waals surface area contributed by atoms with Gasteiger partial charge < -0.3 is 15.0 Å². The lowest BCUT2D eigenvalue weighted by Gasteiger charge is -2.21. The van der Waals surface area contributed by atoms with Crippen LogP contribution in [0.4, 0.5) is 0 Å². The highest BCUT2D eigenvalue weighted by atomic mass is 32.1. The molecule has 7 heteroatoms. The zero-order valence-corrected chi connectivity index (χ0v) is 18.8. The third kappa shape index (κ3) is 6.29. The quantitative estimate of drug-likeness (QED) is 0.631. The van der Waals surface area contributed by atoms with Crippen molar-refractivity contribution in [2.24, 2.45) is 0 Å². The molecule has 2 rings (SSSR count). The van der Waals surface area contributed by atoms with Crippen LogP contribution in [0.3, 0.4) is 0 Å². The number of hydrogen-bond donors (Lipinski definition) is 1. The van der Waals surface area contributed by atoms with Crippen LogP contribution in [0.15, 0.2) is 24.3 Å². The zero-order valence-electron chi connectivity index (χ0n) is 17.9. The van der Waals surface area contributed by atoms with Gasteiger partial charge in [0, 0.05) is 19.7 Å². The standard InChI is InChI=1S/C22H31N3O3S/c1-6-8-13-19-23-15(3)21(29-19)22(27)24-17(7-2)16-11-9-10-12-18(16)28-14-20(26)25(4)5/h9-12,17H,6-8,13-14H2,1-5H3,(H,24,27). The Morgan fingerprint density at radius 2 is 1.97 bits per heavy atom. The number of para-hydroxylation sites is 1. The number of aromatic nitrogens is 1. The van der Waals surface area contributed by atoms with Crippen molar-refractivity contribution in [2.75, 3.05) is 20.7 Å². The molecule has 0 fully saturated rings. The summed E-state index contributed by atoms with van der Waals surface area (Å²) in [6, 6.07) is 7.31. The molecule has 1 heterocycles. The van der Waals surface area contributed by atoms with E-state index in [-0.39, 0.29) is 24.5 Å². The summed E-state index contributed by atoms with van der Waals surface area (Å²) in [6.07, 6.45) is 3.78. The van der Waals surface area contributed by atoms with E-state index in [0.717, 1.165) is 35.5 Å². The smallest absolute Gasteiger partial charge is 0.263 e. The Kier molecular flexibility index (Phi) is 8.64. The second-order valence-electron chi connectivity index (χ2n) is 7.17. The van der Waals surface area contributed by atoms with Crippen molar-refractivity contribution in [1.29, 1.82) is 0 Å². The molecular weight excluding hydrogens is 386 g/mol. The van der Waals surface area contributed by atoms with E-state index in [1.807, 2.05) is 38.1 Å². The number of amides is 2. The number of thiazole rings is 1. The number of rotatable bonds is 10. The molecule has 0 spiro atoms. The van der Waals surface area contributed by atoms with E-state index < -0.39 is 0 Å². The van der Waals surface area contributed by atoms with Crippen LogP contribution in [0.2, 0.25) is 0 Å². The zero-order chi connectivity index (χ0) is 21.4. The summed E-state index contributed by atoms with van der Waals surface area (Å²) in [5.41, 5.74) is 1.64. The summed E-state index contributed by atoms with van der Waals surface area (Å²) >= 11 is 1.47. The largest absolute Gasteiger partial charge is 0.483 e. The summed E-state index contributed by atoms with van der Waals surface area (Å²) in [7, 11) is 3.39. The van der Waals surface area contributed by atoms with Gasteiger partial charge >= 0.3 is 0 Å². The number of carbonyl (C=O) groups excluding carboxylic acids is 2. The average Bonchev–Trinajstić information content (AvgIpc) is 3.09. The molecule has 0 saturated heterocycles. The lowest BCUT2D eigenvalue weighted by Crippen LogP contribution is -2.30. The molecule has 1 aromatic heterocycles. The number of unbranched alkanes of at least 4 members (excludes halogenated alkanes) is 1. The molecule has 1 aromatic carbocycles. The summed E-state index contributed by atoms with van der Waals surface area (Å²) < 4.78 is 5.75. The van der Waals surface area contributed by atoms with Gasteiger partial charge in [0.1, 0.15) is 10.6 Å². The van der Waals surface area contributed by atoms with Gasteiger partial charge in [0.05, 0.1) is 16.7 Å². The van der Waals surface area contributed by atoms with Gasteiger partial charge in [-0.3, -0.25) is 9.59 Å². The first-order valence-electron chi connectivity index (χ1n) is 10.1. The van der Waals surface area contributed by atoms with E-state index in [1.165, 1.54) is 16.2 Å². The van der Waals surface area contributed by atoms with Gasteiger partial charge in [-0.1, -0.05) is 38.5 Å². The van der Waals surface area contributed by atoms with Crippen LogP contribution in [-0.4, -0.2) is 42.4 Å². The third-order valence-electron chi connectivity index (χ3n) is 4.65. The minimum absolute atomic E-state index is 0.0386. The van der Waals surface area contributed by atoms with Crippen LogP contribution in [0.1, 0.15) is 65.1 Å². The van der Waals surface area contributed by atoms with E-state index >= 15 is 0 Å². The van der Waals surface area contributed by atoms with E-state index in [9.17, 15) is 9.59 Å². The van der Waals surface area contributed by atoms with E-state index in [4.69, 9.17) is 4.74 Å². The summed E-state index contributed by atoms with van der Waals surface area (Å²) in [5.74, 6) is 0.380. The number of likely N-dealkylation sites (N-methyl/N-ethyl adjacent to an activating group) is 1. The van der Waals surface area contributed by atoms with Gasteiger partial charge in [0.2, 0.25) is 0 Å². The molecule has 1 unspecified atom stereocenters. The monoisotopic (exact) mass is 417 g/mol. The first-order chi connectivity index (χ1) is 13.9. The molecule has 1 atom stereocenters. The first-order valence-corrected chi connectivity index (χ1v) is 10.9. The third-order valence-corrected chi connectivity index (χ3v) is 5.87. The lowest BCUT2D eigenvalue weighted by atomic mass is 10.0. The van der Waals surface area contributed by atoms with E-state index in [0.29, 0.717) is 17.0 Å². The number of carbonyl (C=O) groups is 2. The summed E-state index contributed by atoms with van der Waals surface area (Å²) in [6.45, 7) is 6.00. The molecule has 158 valence electrons. The van der Waals surface area contributed by atoms with Crippen molar-refractivity contribution in [3.05, 3.63) is 45.4 Å². The van der Waals surface area contributed by atoms with Crippen LogP contribution < -0.4 is 10.1 Å². The SMILES string of the molecule is CCCCc1nc(C)c(C(=O)NC(CC)c2ccccc2OCC(=O)N(C)C)s1. The van der Waals surface area contributed by atoms with Gasteiger partial charge in [0.25, 0.3) is 11.8 Å². The first kappa shape index (κ1) is 22.9. The fourth-order valence-corrected chi connectivity index (χ4v) is 3.90. The van der Waals surface area contributed by atoms with Gasteiger partial charge in [-0.15, -0.1) is 11.3 Å². The Labute approximate surface area is 177 Å². The van der Waals surface area contributed by atoms with Crippen LogP contribution in [-0.2, 0) is 11.2 Å². The molecular formula is C22H31N3O3S. The molecule has 0 bridgehead atoms. The van der Waals surface area contributed by atoms with Crippen molar-refractivity contribution in [3.8, 4) is 5.75 Å². The Morgan fingerprint density at radius 1 is 1.24 bits per heavy atom. The highest BCUT2D eigenvalue weighted by Crippen LogP contribution is 2.28. The Hall–Kier alpha value is -2.41. The molecule has 0 saturated carbocycles. The molecule has 2 aromatic rings. The van der Waals surface area contributed by atoms with Gasteiger partial charge in [0.15, 0.2) is 6.61 Å². The maximum absolute atomic E-state index is 12.9. The average molecular weight is 418 g/mol. The van der Waals surface area contributed by atoms with Crippen molar-refractivity contribution in [3.63, 3.8) is 0 Å². The number of ether oxygens (including phenoxy) is 1. The molecule has 0 aliphatic heterocycles. The Morgan fingerprint density at radius 3 is 2.62 bits per heavy atom. The number of hydrogen-bond acceptors (Lipinski definition) is 5. The molecule has 29 heavy (non-hydrogen) atoms. The van der Waals surface area contributed by atoms with Crippen LogP contribution in [0, 0.1) is 6.92 Å². The highest BCUT2D eigenvalue weighted by molar-refractivity contribution is 7.13. The Bertz CT molecular complexity index is 832. The van der Waals surface area contributed by atoms with Crippen LogP contribution >= 0.6 is 11.3 Å². The predicted octanol–water partition coefficient (Wildman–Crippen LogP) is 4.14. The van der Waals surface area contributed by atoms with Crippen molar-refractivity contribution in [2.45, 2.75) is 52.5 Å². The number of nitrogens with one attached hydrogen (secondary N) is 1. The summed E-state index contributed by atoms with van der Waals surface area (Å²) in [5, 5.41) is 4.12. The van der Waals surface area contributed by atoms with Crippen molar-refractivity contribution >= 4 is 23.2 Å². The number of nitrogens with zero attached hydrogens (tertiary/aromatic N) is 2. The maximum Gasteiger partial charge on any atom is 0.263 e. The van der Waals surface area contributed by atoms with Gasteiger partial charge in [-0.25, -0.2) is 4.98 Å². The van der Waals surface area contributed by atoms with Crippen LogP contribution in [0.25, 0.3) is 0 Å². The second kappa shape index (κ2) is 11.0. The van der Waals surface area contributed by atoms with Crippen molar-refractivity contribution in [1.82, 2.24) is 15.2 Å². The van der Waals surface area contributed by atoms with Crippen LogP contribution in [0.5, 0.6) is 5.75 Å². The van der Waals surface area contributed by atoms with Crippen molar-refractivity contribution < 1.29 is 14.3 Å². The topological polar surface area (TPSA) is 71.5 Å². The maximum atomic E-state index is 12.9. The fourth-order valence-electron chi connectivity index (χ4n) is 2.89. The molecule has 2 amide bonds. The number of aryl methyl sites for hydroxylation is 2. The highest BCUT2D eigenvalue weighted by Gasteiger charge is 2.21. The molecule has 0 aliphatic carbocycles. The fraction of sp³-hybridized carbons (Fsp3) is 0.500. The second-order valence-corrected chi connectivity index (χ2v) is 8.26. The van der Waals surface area contributed by atoms with Gasteiger partial charge in [-0.2, -0.15) is 0 Å². The molecule has 6 nitrogen and oxygen atoms in total. The number of benzene rings is 1. The molecule has 1 N–H and O–H groups in total. The molecule has 0 aliphatic rings.